The van der Waals surface area contributed by atoms with Crippen LogP contribution in [0, 0.1) is 11.3 Å². The molecule has 1 heterocycles. The molecule has 1 aliphatic heterocycles. The van der Waals surface area contributed by atoms with Gasteiger partial charge in [-0.1, -0.05) is 43.2 Å². The van der Waals surface area contributed by atoms with Crippen molar-refractivity contribution in [3.05, 3.63) is 35.9 Å². The number of imide groups is 1. The fourth-order valence-corrected chi connectivity index (χ4v) is 4.40. The van der Waals surface area contributed by atoms with Crippen LogP contribution in [0.15, 0.2) is 30.3 Å². The summed E-state index contributed by atoms with van der Waals surface area (Å²) in [6.45, 7) is 2.67. The number of hydrogen-bond donors (Lipinski definition) is 3. The molecule has 0 radical (unpaired) electrons. The lowest BCUT2D eigenvalue weighted by atomic mass is 9.83. The van der Waals surface area contributed by atoms with E-state index in [0.717, 1.165) is 44.3 Å². The quantitative estimate of drug-likeness (QED) is 0.607. The van der Waals surface area contributed by atoms with E-state index in [0.29, 0.717) is 31.7 Å². The first kappa shape index (κ1) is 21.3. The molecule has 1 saturated heterocycles. The van der Waals surface area contributed by atoms with Crippen LogP contribution in [0.5, 0.6) is 0 Å². The van der Waals surface area contributed by atoms with Crippen molar-refractivity contribution in [1.82, 2.24) is 15.5 Å². The van der Waals surface area contributed by atoms with Gasteiger partial charge in [-0.2, -0.15) is 0 Å². The van der Waals surface area contributed by atoms with Crippen LogP contribution >= 0.6 is 0 Å². The summed E-state index contributed by atoms with van der Waals surface area (Å²) in [5.74, 6) is -0.653. The topological polar surface area (TPSA) is 105 Å². The van der Waals surface area contributed by atoms with Gasteiger partial charge in [-0.15, -0.1) is 0 Å². The highest BCUT2D eigenvalue weighted by Gasteiger charge is 2.49. The molecule has 0 atom stereocenters. The normalized spacial score (nSPS) is 18.9. The van der Waals surface area contributed by atoms with Crippen LogP contribution in [0.3, 0.4) is 0 Å². The number of benzene rings is 1. The molecular weight excluding hydrogens is 368 g/mol. The van der Waals surface area contributed by atoms with Gasteiger partial charge in [0.25, 0.3) is 0 Å². The summed E-state index contributed by atoms with van der Waals surface area (Å²) >= 11 is 0. The average Bonchev–Trinajstić information content (AvgIpc) is 3.25. The lowest BCUT2D eigenvalue weighted by molar-refractivity contribution is -0.146. The zero-order valence-corrected chi connectivity index (χ0v) is 17.0. The minimum atomic E-state index is -1.25. The molecule has 0 aromatic heterocycles. The largest absolute Gasteiger partial charge is 0.369 e. The van der Waals surface area contributed by atoms with Crippen LogP contribution in [0.25, 0.3) is 0 Å². The monoisotopic (exact) mass is 400 g/mol. The smallest absolute Gasteiger partial charge is 0.324 e. The second kappa shape index (κ2) is 9.87. The van der Waals surface area contributed by atoms with Crippen molar-refractivity contribution < 1.29 is 14.4 Å². The van der Waals surface area contributed by atoms with Gasteiger partial charge in [0.15, 0.2) is 0 Å². The Morgan fingerprint density at radius 1 is 1.10 bits per heavy atom. The van der Waals surface area contributed by atoms with Gasteiger partial charge < -0.3 is 16.4 Å². The number of nitrogens with zero attached hydrogens (tertiary/aromatic N) is 1. The number of urea groups is 1. The predicted octanol–water partition coefficient (Wildman–Crippen LogP) is 1.81. The van der Waals surface area contributed by atoms with Gasteiger partial charge in [0, 0.05) is 13.1 Å². The maximum Gasteiger partial charge on any atom is 0.324 e. The number of hydrogen-bond acceptors (Lipinski definition) is 4. The Hall–Kier alpha value is -2.41. The highest BCUT2D eigenvalue weighted by molar-refractivity contribution is 6.09. The Bertz CT molecular complexity index is 710. The van der Waals surface area contributed by atoms with Gasteiger partial charge in [-0.25, -0.2) is 4.79 Å². The molecular formula is C22H32N4O3. The minimum Gasteiger partial charge on any atom is -0.369 e. The van der Waals surface area contributed by atoms with E-state index in [1.807, 2.05) is 30.3 Å². The summed E-state index contributed by atoms with van der Waals surface area (Å²) in [7, 11) is 0. The maximum absolute atomic E-state index is 13.4. The van der Waals surface area contributed by atoms with E-state index in [1.165, 1.54) is 4.90 Å². The van der Waals surface area contributed by atoms with E-state index in [1.54, 1.807) is 0 Å². The van der Waals surface area contributed by atoms with E-state index in [9.17, 15) is 14.4 Å². The van der Waals surface area contributed by atoms with Crippen LogP contribution in [-0.2, 0) is 16.0 Å². The predicted molar refractivity (Wildman–Crippen MR) is 111 cm³/mol. The number of primary amides is 1. The average molecular weight is 401 g/mol. The van der Waals surface area contributed by atoms with Gasteiger partial charge in [-0.05, 0) is 56.7 Å². The maximum atomic E-state index is 13.4. The molecule has 1 aromatic carbocycles. The number of piperidine rings is 1. The van der Waals surface area contributed by atoms with Crippen LogP contribution < -0.4 is 16.4 Å². The summed E-state index contributed by atoms with van der Waals surface area (Å²) in [6, 6.07) is 9.31. The zero-order valence-electron chi connectivity index (χ0n) is 17.0. The van der Waals surface area contributed by atoms with Crippen molar-refractivity contribution in [3.63, 3.8) is 0 Å². The Balaban J connectivity index is 1.72. The third-order valence-corrected chi connectivity index (χ3v) is 6.30. The van der Waals surface area contributed by atoms with Crippen molar-refractivity contribution in [1.29, 1.82) is 0 Å². The molecule has 158 valence electrons. The molecule has 2 aliphatic rings. The molecule has 7 heteroatoms. The second-order valence-electron chi connectivity index (χ2n) is 8.23. The lowest BCUT2D eigenvalue weighted by Crippen LogP contribution is -2.55. The van der Waals surface area contributed by atoms with Gasteiger partial charge >= 0.3 is 6.03 Å². The van der Waals surface area contributed by atoms with Crippen molar-refractivity contribution in [2.75, 3.05) is 26.2 Å². The summed E-state index contributed by atoms with van der Waals surface area (Å²) < 4.78 is 0. The number of nitrogens with one attached hydrogen (secondary N) is 2. The molecule has 1 aliphatic carbocycles. The van der Waals surface area contributed by atoms with Crippen molar-refractivity contribution in [2.24, 2.45) is 17.1 Å². The van der Waals surface area contributed by atoms with Crippen molar-refractivity contribution in [3.8, 4) is 0 Å². The van der Waals surface area contributed by atoms with Crippen LogP contribution in [-0.4, -0.2) is 48.9 Å². The summed E-state index contributed by atoms with van der Waals surface area (Å²) in [6.07, 6.45) is 4.94. The highest BCUT2D eigenvalue weighted by atomic mass is 16.2. The number of nitrogens with two attached hydrogens (primary N) is 1. The summed E-state index contributed by atoms with van der Waals surface area (Å²) in [4.78, 5) is 39.8. The molecule has 4 N–H and O–H groups in total. The minimum absolute atomic E-state index is 0.232. The number of amides is 4. The highest BCUT2D eigenvalue weighted by Crippen LogP contribution is 2.39. The third-order valence-electron chi connectivity index (χ3n) is 6.30. The van der Waals surface area contributed by atoms with E-state index in [4.69, 9.17) is 5.73 Å². The van der Waals surface area contributed by atoms with Gasteiger partial charge in [0.05, 0.1) is 0 Å². The Morgan fingerprint density at radius 3 is 2.38 bits per heavy atom. The lowest BCUT2D eigenvalue weighted by Gasteiger charge is -2.32. The third kappa shape index (κ3) is 5.15. The number of rotatable bonds is 7. The zero-order chi connectivity index (χ0) is 20.7. The summed E-state index contributed by atoms with van der Waals surface area (Å²) in [5.41, 5.74) is 5.44. The SMILES string of the molecule is NC(=O)C1(C(=O)N(CCc2ccccc2)C(=O)NCC2CCNCC2)CCCC1. The molecule has 1 aromatic rings. The fraction of sp³-hybridized carbons (Fsp3) is 0.591. The molecule has 0 unspecified atom stereocenters. The first-order chi connectivity index (χ1) is 14.0. The molecule has 0 spiro atoms. The molecule has 4 amide bonds. The second-order valence-corrected chi connectivity index (χ2v) is 8.23. The number of carbonyl (C=O) groups excluding carboxylic acids is 3. The molecule has 3 rings (SSSR count). The first-order valence-electron chi connectivity index (χ1n) is 10.7. The van der Waals surface area contributed by atoms with Crippen molar-refractivity contribution in [2.45, 2.75) is 44.9 Å². The molecule has 29 heavy (non-hydrogen) atoms. The van der Waals surface area contributed by atoms with Crippen LogP contribution in [0.2, 0.25) is 0 Å². The van der Waals surface area contributed by atoms with Crippen LogP contribution in [0.4, 0.5) is 4.79 Å². The summed E-state index contributed by atoms with van der Waals surface area (Å²) in [5, 5.41) is 6.24. The molecule has 0 bridgehead atoms. The fourth-order valence-electron chi connectivity index (χ4n) is 4.40. The van der Waals surface area contributed by atoms with E-state index < -0.39 is 23.3 Å². The van der Waals surface area contributed by atoms with Gasteiger partial charge in [0.1, 0.15) is 5.41 Å². The van der Waals surface area contributed by atoms with E-state index in [2.05, 4.69) is 10.6 Å². The Labute approximate surface area is 172 Å². The van der Waals surface area contributed by atoms with Gasteiger partial charge in [0.2, 0.25) is 11.8 Å². The molecule has 1 saturated carbocycles. The van der Waals surface area contributed by atoms with Crippen molar-refractivity contribution >= 4 is 17.8 Å². The molecule has 7 nitrogen and oxygen atoms in total. The van der Waals surface area contributed by atoms with E-state index in [-0.39, 0.29) is 6.54 Å². The van der Waals surface area contributed by atoms with E-state index >= 15 is 0 Å². The Kier molecular flexibility index (Phi) is 7.25. The molecule has 2 fully saturated rings. The number of carbonyl (C=O) groups is 3. The van der Waals surface area contributed by atoms with Crippen LogP contribution in [0.1, 0.15) is 44.1 Å². The first-order valence-corrected chi connectivity index (χ1v) is 10.7. The standard InChI is InChI=1S/C22H32N4O3/c23-19(27)22(11-4-5-12-22)20(28)26(15-10-17-6-2-1-3-7-17)21(29)25-16-18-8-13-24-14-9-18/h1-3,6-7,18,24H,4-5,8-16H2,(H2,23,27)(H,25,29). The van der Waals surface area contributed by atoms with Gasteiger partial charge in [-0.3, -0.25) is 14.5 Å². The Morgan fingerprint density at radius 2 is 1.76 bits per heavy atom.